The summed E-state index contributed by atoms with van der Waals surface area (Å²) in [4.78, 5) is 0. The van der Waals surface area contributed by atoms with Gasteiger partial charge in [-0.1, -0.05) is 13.8 Å². The fourth-order valence-corrected chi connectivity index (χ4v) is 2.46. The Balaban J connectivity index is 1.85. The lowest BCUT2D eigenvalue weighted by Gasteiger charge is -2.21. The van der Waals surface area contributed by atoms with Crippen molar-refractivity contribution in [3.63, 3.8) is 0 Å². The molecule has 0 saturated heterocycles. The van der Waals surface area contributed by atoms with Crippen molar-refractivity contribution in [2.75, 3.05) is 0 Å². The maximum atomic E-state index is 3.94. The van der Waals surface area contributed by atoms with E-state index in [2.05, 4.69) is 29.4 Å². The number of H-pyrrole nitrogens is 1. The van der Waals surface area contributed by atoms with E-state index in [4.69, 9.17) is 0 Å². The largest absolute Gasteiger partial charge is 0.309 e. The van der Waals surface area contributed by atoms with E-state index in [-0.39, 0.29) is 0 Å². The predicted octanol–water partition coefficient (Wildman–Crippen LogP) is 1.93. The number of hydrogen-bond donors (Lipinski definition) is 2. The number of hydrogen-bond acceptors (Lipinski definition) is 2. The smallest absolute Gasteiger partial charge is 0.0532 e. The van der Waals surface area contributed by atoms with Crippen LogP contribution in [0.2, 0.25) is 0 Å². The van der Waals surface area contributed by atoms with Gasteiger partial charge in [-0.05, 0) is 24.7 Å². The molecule has 0 aliphatic heterocycles. The molecule has 0 aromatic carbocycles. The van der Waals surface area contributed by atoms with Gasteiger partial charge in [-0.15, -0.1) is 0 Å². The van der Waals surface area contributed by atoms with Crippen LogP contribution in [0, 0.1) is 11.8 Å². The Morgan fingerprint density at radius 3 is 2.71 bits per heavy atom. The zero-order valence-electron chi connectivity index (χ0n) is 8.96. The van der Waals surface area contributed by atoms with Crippen LogP contribution in [-0.2, 0) is 6.54 Å². The van der Waals surface area contributed by atoms with E-state index in [9.17, 15) is 0 Å². The molecule has 2 atom stereocenters. The van der Waals surface area contributed by atoms with Gasteiger partial charge in [0.2, 0.25) is 0 Å². The number of nitrogens with one attached hydrogen (secondary N) is 2. The first-order chi connectivity index (χ1) is 6.77. The van der Waals surface area contributed by atoms with Crippen molar-refractivity contribution in [2.45, 2.75) is 39.3 Å². The maximum Gasteiger partial charge on any atom is 0.0532 e. The van der Waals surface area contributed by atoms with Crippen molar-refractivity contribution in [3.8, 4) is 0 Å². The van der Waals surface area contributed by atoms with Gasteiger partial charge >= 0.3 is 0 Å². The second-order valence-corrected chi connectivity index (χ2v) is 4.55. The third kappa shape index (κ3) is 1.98. The van der Waals surface area contributed by atoms with E-state index >= 15 is 0 Å². The van der Waals surface area contributed by atoms with Crippen LogP contribution in [-0.4, -0.2) is 16.2 Å². The average Bonchev–Trinajstić information content (AvgIpc) is 2.76. The third-order valence-electron chi connectivity index (χ3n) is 3.40. The average molecular weight is 193 g/mol. The van der Waals surface area contributed by atoms with Crippen LogP contribution in [0.3, 0.4) is 0 Å². The van der Waals surface area contributed by atoms with Crippen molar-refractivity contribution in [2.24, 2.45) is 11.8 Å². The molecule has 78 valence electrons. The van der Waals surface area contributed by atoms with Gasteiger partial charge in [0.05, 0.1) is 6.20 Å². The summed E-state index contributed by atoms with van der Waals surface area (Å²) in [6, 6.07) is 0.685. The molecule has 0 bridgehead atoms. The van der Waals surface area contributed by atoms with Gasteiger partial charge in [0.25, 0.3) is 0 Å². The van der Waals surface area contributed by atoms with Crippen LogP contribution in [0.25, 0.3) is 0 Å². The topological polar surface area (TPSA) is 40.7 Å². The molecule has 1 fully saturated rings. The highest BCUT2D eigenvalue weighted by molar-refractivity contribution is 5.02. The normalized spacial score (nSPS) is 32.3. The lowest BCUT2D eigenvalue weighted by atomic mass is 10.0. The van der Waals surface area contributed by atoms with Crippen LogP contribution in [0.1, 0.15) is 32.3 Å². The monoisotopic (exact) mass is 193 g/mol. The Kier molecular flexibility index (Phi) is 2.87. The van der Waals surface area contributed by atoms with Crippen molar-refractivity contribution in [1.29, 1.82) is 0 Å². The molecule has 1 aromatic heterocycles. The van der Waals surface area contributed by atoms with Crippen LogP contribution in [0.4, 0.5) is 0 Å². The fraction of sp³-hybridized carbons (Fsp3) is 0.727. The molecule has 2 unspecified atom stereocenters. The lowest BCUT2D eigenvalue weighted by molar-refractivity contribution is 0.365. The summed E-state index contributed by atoms with van der Waals surface area (Å²) in [6.45, 7) is 5.63. The maximum absolute atomic E-state index is 3.94. The fourth-order valence-electron chi connectivity index (χ4n) is 2.46. The van der Waals surface area contributed by atoms with Crippen molar-refractivity contribution in [1.82, 2.24) is 15.5 Å². The molecule has 2 rings (SSSR count). The Morgan fingerprint density at radius 2 is 2.14 bits per heavy atom. The molecule has 3 heteroatoms. The number of rotatable bonds is 3. The first-order valence-corrected chi connectivity index (χ1v) is 5.48. The minimum Gasteiger partial charge on any atom is -0.309 e. The van der Waals surface area contributed by atoms with Crippen molar-refractivity contribution in [3.05, 3.63) is 18.0 Å². The lowest BCUT2D eigenvalue weighted by Crippen LogP contribution is -2.34. The number of aromatic amines is 1. The molecule has 0 spiro atoms. The zero-order valence-corrected chi connectivity index (χ0v) is 8.96. The van der Waals surface area contributed by atoms with E-state index in [1.165, 1.54) is 18.4 Å². The minimum absolute atomic E-state index is 0.685. The summed E-state index contributed by atoms with van der Waals surface area (Å²) in [7, 11) is 0. The quantitative estimate of drug-likeness (QED) is 0.770. The number of aromatic nitrogens is 2. The summed E-state index contributed by atoms with van der Waals surface area (Å²) < 4.78 is 0. The molecule has 1 aliphatic rings. The van der Waals surface area contributed by atoms with Crippen LogP contribution in [0.5, 0.6) is 0 Å². The van der Waals surface area contributed by atoms with Gasteiger partial charge in [0.15, 0.2) is 0 Å². The third-order valence-corrected chi connectivity index (χ3v) is 3.40. The molecule has 14 heavy (non-hydrogen) atoms. The first kappa shape index (κ1) is 9.71. The SMILES string of the molecule is CC1CCC(C)C1NCc1cn[nH]c1. The molecule has 0 amide bonds. The summed E-state index contributed by atoms with van der Waals surface area (Å²) >= 11 is 0. The highest BCUT2D eigenvalue weighted by atomic mass is 15.1. The molecule has 1 aromatic rings. The molecular formula is C11H19N3. The van der Waals surface area contributed by atoms with E-state index in [1.807, 2.05) is 12.4 Å². The molecular weight excluding hydrogens is 174 g/mol. The highest BCUT2D eigenvalue weighted by Crippen LogP contribution is 2.30. The summed E-state index contributed by atoms with van der Waals surface area (Å²) in [5.74, 6) is 1.63. The van der Waals surface area contributed by atoms with Gasteiger partial charge in [0, 0.05) is 24.3 Å². The van der Waals surface area contributed by atoms with Gasteiger partial charge in [-0.3, -0.25) is 5.10 Å². The molecule has 1 heterocycles. The Labute approximate surface area is 85.3 Å². The van der Waals surface area contributed by atoms with Gasteiger partial charge in [-0.25, -0.2) is 0 Å². The van der Waals surface area contributed by atoms with Crippen LogP contribution in [0.15, 0.2) is 12.4 Å². The summed E-state index contributed by atoms with van der Waals surface area (Å²) in [5, 5.41) is 10.4. The Hall–Kier alpha value is -0.830. The zero-order chi connectivity index (χ0) is 9.97. The van der Waals surface area contributed by atoms with Crippen molar-refractivity contribution >= 4 is 0 Å². The minimum atomic E-state index is 0.685. The van der Waals surface area contributed by atoms with Crippen LogP contribution < -0.4 is 5.32 Å². The van der Waals surface area contributed by atoms with E-state index in [0.29, 0.717) is 6.04 Å². The molecule has 1 saturated carbocycles. The molecule has 1 aliphatic carbocycles. The van der Waals surface area contributed by atoms with Crippen LogP contribution >= 0.6 is 0 Å². The summed E-state index contributed by atoms with van der Waals surface area (Å²) in [5.41, 5.74) is 1.25. The molecule has 2 N–H and O–H groups in total. The Bertz CT molecular complexity index is 258. The van der Waals surface area contributed by atoms with Gasteiger partial charge < -0.3 is 5.32 Å². The molecule has 0 radical (unpaired) electrons. The van der Waals surface area contributed by atoms with E-state index in [0.717, 1.165) is 18.4 Å². The van der Waals surface area contributed by atoms with Gasteiger partial charge in [-0.2, -0.15) is 5.10 Å². The van der Waals surface area contributed by atoms with Gasteiger partial charge in [0.1, 0.15) is 0 Å². The van der Waals surface area contributed by atoms with E-state index in [1.54, 1.807) is 0 Å². The first-order valence-electron chi connectivity index (χ1n) is 5.48. The standard InChI is InChI=1S/C11H19N3/c1-8-3-4-9(2)11(8)12-5-10-6-13-14-7-10/h6-9,11-12H,3-5H2,1-2H3,(H,13,14). The second kappa shape index (κ2) is 4.13. The highest BCUT2D eigenvalue weighted by Gasteiger charge is 2.29. The predicted molar refractivity (Wildman–Crippen MR) is 56.8 cm³/mol. The number of nitrogens with zero attached hydrogens (tertiary/aromatic N) is 1. The van der Waals surface area contributed by atoms with E-state index < -0.39 is 0 Å². The second-order valence-electron chi connectivity index (χ2n) is 4.55. The Morgan fingerprint density at radius 1 is 1.43 bits per heavy atom. The molecule has 3 nitrogen and oxygen atoms in total. The van der Waals surface area contributed by atoms with Crippen molar-refractivity contribution < 1.29 is 0 Å². The summed E-state index contributed by atoms with van der Waals surface area (Å²) in [6.07, 6.45) is 6.57.